The number of carbonyl (C=O) groups excluding carboxylic acids is 2. The second-order valence-corrected chi connectivity index (χ2v) is 3.64. The normalized spacial score (nSPS) is 32.7. The molecule has 1 saturated carbocycles. The van der Waals surface area contributed by atoms with Gasteiger partial charge in [-0.1, -0.05) is 6.08 Å². The summed E-state index contributed by atoms with van der Waals surface area (Å²) in [5, 5.41) is 0. The minimum Gasteiger partial charge on any atom is -0.300 e. The van der Waals surface area contributed by atoms with E-state index in [1.165, 1.54) is 6.92 Å². The van der Waals surface area contributed by atoms with E-state index in [0.29, 0.717) is 6.42 Å². The molecule has 12 heavy (non-hydrogen) atoms. The topological polar surface area (TPSA) is 34.1 Å². The van der Waals surface area contributed by atoms with Gasteiger partial charge in [-0.05, 0) is 26.2 Å². The van der Waals surface area contributed by atoms with Crippen molar-refractivity contribution < 1.29 is 9.59 Å². The van der Waals surface area contributed by atoms with Crippen LogP contribution in [0.15, 0.2) is 12.7 Å². The van der Waals surface area contributed by atoms with Crippen molar-refractivity contribution in [1.82, 2.24) is 0 Å². The van der Waals surface area contributed by atoms with Crippen molar-refractivity contribution in [2.24, 2.45) is 11.3 Å². The van der Waals surface area contributed by atoms with Crippen LogP contribution in [0.4, 0.5) is 0 Å². The summed E-state index contributed by atoms with van der Waals surface area (Å²) in [7, 11) is 0. The Kier molecular flexibility index (Phi) is 2.18. The average molecular weight is 166 g/mol. The smallest absolute Gasteiger partial charge is 0.137 e. The van der Waals surface area contributed by atoms with E-state index in [-0.39, 0.29) is 22.9 Å². The van der Waals surface area contributed by atoms with Crippen molar-refractivity contribution >= 4 is 11.6 Å². The molecule has 2 heteroatoms. The van der Waals surface area contributed by atoms with Crippen molar-refractivity contribution in [1.29, 1.82) is 0 Å². The Bertz CT molecular complexity index is 242. The molecule has 1 fully saturated rings. The molecule has 0 aromatic rings. The van der Waals surface area contributed by atoms with Gasteiger partial charge in [0.2, 0.25) is 0 Å². The van der Waals surface area contributed by atoms with E-state index in [9.17, 15) is 9.59 Å². The third kappa shape index (κ3) is 1.33. The first-order chi connectivity index (χ1) is 5.53. The van der Waals surface area contributed by atoms with Gasteiger partial charge in [-0.15, -0.1) is 6.58 Å². The van der Waals surface area contributed by atoms with Gasteiger partial charge in [0.05, 0.1) is 0 Å². The van der Waals surface area contributed by atoms with E-state index < -0.39 is 0 Å². The molecular formula is C10H14O2. The molecule has 0 aromatic carbocycles. The lowest BCUT2D eigenvalue weighted by atomic mass is 9.92. The molecule has 1 aliphatic rings. The first-order valence-corrected chi connectivity index (χ1v) is 4.16. The number of Topliss-reactive ketones (excluding diaryl/α,β-unsaturated/α-hetero) is 2. The van der Waals surface area contributed by atoms with Crippen LogP contribution in [0.25, 0.3) is 0 Å². The molecule has 0 radical (unpaired) electrons. The zero-order valence-electron chi connectivity index (χ0n) is 7.59. The minimum absolute atomic E-state index is 0.0922. The lowest BCUT2D eigenvalue weighted by Crippen LogP contribution is -2.17. The molecular weight excluding hydrogens is 152 g/mol. The third-order valence-corrected chi connectivity index (χ3v) is 2.68. The number of rotatable bonds is 4. The quantitative estimate of drug-likeness (QED) is 0.596. The van der Waals surface area contributed by atoms with Crippen molar-refractivity contribution in [3.05, 3.63) is 12.7 Å². The number of carbonyl (C=O) groups is 2. The zero-order valence-corrected chi connectivity index (χ0v) is 7.59. The fraction of sp³-hybridized carbons (Fsp3) is 0.600. The Hall–Kier alpha value is -0.920. The van der Waals surface area contributed by atoms with Gasteiger partial charge in [-0.25, -0.2) is 0 Å². The van der Waals surface area contributed by atoms with Crippen molar-refractivity contribution in [2.45, 2.75) is 26.7 Å². The molecule has 0 heterocycles. The third-order valence-electron chi connectivity index (χ3n) is 2.68. The summed E-state index contributed by atoms with van der Waals surface area (Å²) in [4.78, 5) is 22.1. The Labute approximate surface area is 72.7 Å². The molecule has 0 N–H and O–H groups in total. The van der Waals surface area contributed by atoms with Crippen LogP contribution in [0.2, 0.25) is 0 Å². The molecule has 1 aliphatic carbocycles. The number of allylic oxidation sites excluding steroid dienone is 1. The van der Waals surface area contributed by atoms with Crippen LogP contribution in [0, 0.1) is 11.3 Å². The van der Waals surface area contributed by atoms with Crippen molar-refractivity contribution in [3.8, 4) is 0 Å². The molecule has 2 atom stereocenters. The van der Waals surface area contributed by atoms with Gasteiger partial charge in [0.15, 0.2) is 0 Å². The fourth-order valence-electron chi connectivity index (χ4n) is 1.82. The Morgan fingerprint density at radius 1 is 1.58 bits per heavy atom. The van der Waals surface area contributed by atoms with Gasteiger partial charge in [-0.3, -0.25) is 9.59 Å². The summed E-state index contributed by atoms with van der Waals surface area (Å²) in [5.74, 6) is 0.455. The molecule has 0 spiro atoms. The van der Waals surface area contributed by atoms with E-state index >= 15 is 0 Å². The second-order valence-electron chi connectivity index (χ2n) is 3.64. The van der Waals surface area contributed by atoms with Gasteiger partial charge in [0.1, 0.15) is 11.6 Å². The van der Waals surface area contributed by atoms with E-state index in [2.05, 4.69) is 6.58 Å². The first-order valence-electron chi connectivity index (χ1n) is 4.16. The van der Waals surface area contributed by atoms with Crippen molar-refractivity contribution in [2.75, 3.05) is 0 Å². The summed E-state index contributed by atoms with van der Waals surface area (Å²) < 4.78 is 0. The van der Waals surface area contributed by atoms with Gasteiger partial charge < -0.3 is 0 Å². The highest BCUT2D eigenvalue weighted by atomic mass is 16.1. The molecule has 0 unspecified atom stereocenters. The largest absolute Gasteiger partial charge is 0.300 e. The zero-order chi connectivity index (χ0) is 9.35. The second kappa shape index (κ2) is 2.85. The van der Waals surface area contributed by atoms with Crippen LogP contribution in [0.5, 0.6) is 0 Å². The molecule has 0 saturated heterocycles. The standard InChI is InChI=1S/C10H14O2/c1-4-9-6-10(9,8(3)12)5-7(2)11/h4,9H,1,5-6H2,2-3H3/t9-,10-/m0/s1. The van der Waals surface area contributed by atoms with Gasteiger partial charge in [-0.2, -0.15) is 0 Å². The molecule has 0 aromatic heterocycles. The van der Waals surface area contributed by atoms with E-state index in [1.807, 2.05) is 0 Å². The summed E-state index contributed by atoms with van der Waals surface area (Å²) in [6, 6.07) is 0. The first kappa shape index (κ1) is 9.17. The average Bonchev–Trinajstić information content (AvgIpc) is 2.62. The molecule has 0 aliphatic heterocycles. The lowest BCUT2D eigenvalue weighted by Gasteiger charge is -2.09. The summed E-state index contributed by atoms with van der Waals surface area (Å²) >= 11 is 0. The Morgan fingerprint density at radius 3 is 2.42 bits per heavy atom. The van der Waals surface area contributed by atoms with E-state index in [1.54, 1.807) is 13.0 Å². The predicted octanol–water partition coefficient (Wildman–Crippen LogP) is 1.75. The van der Waals surface area contributed by atoms with Crippen LogP contribution < -0.4 is 0 Å². The summed E-state index contributed by atoms with van der Waals surface area (Å²) in [5.41, 5.74) is -0.367. The highest BCUT2D eigenvalue weighted by Crippen LogP contribution is 2.56. The van der Waals surface area contributed by atoms with Crippen LogP contribution in [0.3, 0.4) is 0 Å². The minimum atomic E-state index is -0.367. The molecule has 0 amide bonds. The Morgan fingerprint density at radius 2 is 2.17 bits per heavy atom. The number of hydrogen-bond donors (Lipinski definition) is 0. The van der Waals surface area contributed by atoms with Crippen LogP contribution >= 0.6 is 0 Å². The highest BCUT2D eigenvalue weighted by molar-refractivity contribution is 5.91. The fourth-order valence-corrected chi connectivity index (χ4v) is 1.82. The monoisotopic (exact) mass is 166 g/mol. The Balaban J connectivity index is 2.71. The molecule has 2 nitrogen and oxygen atoms in total. The number of ketones is 2. The van der Waals surface area contributed by atoms with Gasteiger partial charge >= 0.3 is 0 Å². The molecule has 66 valence electrons. The molecule has 0 bridgehead atoms. The van der Waals surface area contributed by atoms with Gasteiger partial charge in [0.25, 0.3) is 0 Å². The highest BCUT2D eigenvalue weighted by Gasteiger charge is 2.56. The van der Waals surface area contributed by atoms with Gasteiger partial charge in [0, 0.05) is 11.8 Å². The van der Waals surface area contributed by atoms with Crippen LogP contribution in [-0.2, 0) is 9.59 Å². The van der Waals surface area contributed by atoms with Crippen molar-refractivity contribution in [3.63, 3.8) is 0 Å². The lowest BCUT2D eigenvalue weighted by molar-refractivity contribution is -0.127. The van der Waals surface area contributed by atoms with E-state index in [4.69, 9.17) is 0 Å². The maximum atomic E-state index is 11.2. The van der Waals surface area contributed by atoms with Crippen LogP contribution in [-0.4, -0.2) is 11.6 Å². The van der Waals surface area contributed by atoms with Crippen LogP contribution in [0.1, 0.15) is 26.7 Å². The molecule has 1 rings (SSSR count). The predicted molar refractivity (Wildman–Crippen MR) is 46.7 cm³/mol. The maximum Gasteiger partial charge on any atom is 0.137 e. The van der Waals surface area contributed by atoms with E-state index in [0.717, 1.165) is 6.42 Å². The maximum absolute atomic E-state index is 11.2. The number of hydrogen-bond acceptors (Lipinski definition) is 2. The summed E-state index contributed by atoms with van der Waals surface area (Å²) in [6.45, 7) is 6.74. The summed E-state index contributed by atoms with van der Waals surface area (Å²) in [6.07, 6.45) is 2.98. The SMILES string of the molecule is C=C[C@H]1C[C@@]1(CC(C)=O)C(C)=O.